The third-order valence-electron chi connectivity index (χ3n) is 11.9. The Hall–Kier alpha value is -7.42. The van der Waals surface area contributed by atoms with Crippen LogP contribution in [0.5, 0.6) is 0 Å². The van der Waals surface area contributed by atoms with E-state index in [0.29, 0.717) is 0 Å². The van der Waals surface area contributed by atoms with Crippen LogP contribution in [0.1, 0.15) is 0 Å². The topological polar surface area (TPSA) is 28.9 Å². The summed E-state index contributed by atoms with van der Waals surface area (Å²) in [5.74, 6) is 0. The summed E-state index contributed by atoms with van der Waals surface area (Å²) in [5.41, 5.74) is 12.6. The average molecular weight is 712 g/mol. The number of para-hydroxylation sites is 2. The van der Waals surface area contributed by atoms with Gasteiger partial charge in [0, 0.05) is 38.2 Å². The van der Waals surface area contributed by atoms with Gasteiger partial charge in [-0.15, -0.1) is 0 Å². The Bertz CT molecular complexity index is 3540. The van der Waals surface area contributed by atoms with Crippen molar-refractivity contribution >= 4 is 75.9 Å². The van der Waals surface area contributed by atoms with Crippen LogP contribution in [0.4, 0.5) is 0 Å². The Morgan fingerprint density at radius 3 is 1.73 bits per heavy atom. The van der Waals surface area contributed by atoms with Crippen LogP contribution in [-0.4, -0.2) is 4.98 Å². The summed E-state index contributed by atoms with van der Waals surface area (Å²) in [4.78, 5) is 3.78. The van der Waals surface area contributed by atoms with Crippen LogP contribution < -0.4 is 0 Å². The fraction of sp³-hybridized carbons (Fsp3) is 0. The Kier molecular flexibility index (Phi) is 6.66. The van der Waals surface area contributed by atoms with Crippen LogP contribution >= 0.6 is 0 Å². The summed E-state index contributed by atoms with van der Waals surface area (Å²) in [6.45, 7) is 0. The Morgan fingerprint density at radius 2 is 0.893 bits per heavy atom. The Morgan fingerprint density at radius 1 is 0.304 bits per heavy atom. The molecule has 0 radical (unpaired) electrons. The van der Waals surface area contributed by atoms with Gasteiger partial charge in [-0.2, -0.15) is 0 Å². The van der Waals surface area contributed by atoms with Crippen LogP contribution in [-0.2, 0) is 0 Å². The first-order valence-corrected chi connectivity index (χ1v) is 19.2. The lowest BCUT2D eigenvalue weighted by Gasteiger charge is -2.20. The molecule has 0 unspecified atom stereocenters. The standard InChI is InChI=1S/C54H33NO/c1-2-14-35-31-49-36(30-34(35)13-1)25-26-44(38-16-5-6-17-39(38)45-21-11-22-46-42-19-9-10-23-51(42)55-53(45)46)52(49)43-20-8-7-18-40(43)50-32-56-54-47-27-24-33-12-3-4-15-37(33)41(47)28-29-48(50)54/h1-32,55H. The van der Waals surface area contributed by atoms with Gasteiger partial charge in [-0.05, 0) is 101 Å². The van der Waals surface area contributed by atoms with Crippen molar-refractivity contribution in [3.63, 3.8) is 0 Å². The fourth-order valence-corrected chi connectivity index (χ4v) is 9.30. The van der Waals surface area contributed by atoms with Gasteiger partial charge < -0.3 is 9.40 Å². The van der Waals surface area contributed by atoms with Gasteiger partial charge in [0.15, 0.2) is 0 Å². The minimum atomic E-state index is 0.916. The van der Waals surface area contributed by atoms with Crippen molar-refractivity contribution in [2.24, 2.45) is 0 Å². The Balaban J connectivity index is 1.14. The number of rotatable bonds is 4. The number of furan rings is 1. The van der Waals surface area contributed by atoms with Crippen molar-refractivity contribution in [1.82, 2.24) is 4.98 Å². The highest BCUT2D eigenvalue weighted by Crippen LogP contribution is 2.48. The molecule has 0 aliphatic carbocycles. The molecule has 0 aliphatic heterocycles. The van der Waals surface area contributed by atoms with Crippen LogP contribution in [0.3, 0.4) is 0 Å². The summed E-state index contributed by atoms with van der Waals surface area (Å²) in [5, 5.41) is 13.3. The first kappa shape index (κ1) is 31.0. The van der Waals surface area contributed by atoms with Crippen molar-refractivity contribution in [2.45, 2.75) is 0 Å². The zero-order valence-electron chi connectivity index (χ0n) is 30.4. The van der Waals surface area contributed by atoms with Crippen LogP contribution in [0.25, 0.3) is 120 Å². The van der Waals surface area contributed by atoms with E-state index in [-0.39, 0.29) is 0 Å². The molecule has 2 aromatic heterocycles. The second-order valence-corrected chi connectivity index (χ2v) is 14.9. The summed E-state index contributed by atoms with van der Waals surface area (Å²) < 4.78 is 6.56. The van der Waals surface area contributed by atoms with E-state index in [4.69, 9.17) is 4.42 Å². The molecule has 10 aromatic carbocycles. The summed E-state index contributed by atoms with van der Waals surface area (Å²) in [6, 6.07) is 68.5. The highest BCUT2D eigenvalue weighted by atomic mass is 16.3. The van der Waals surface area contributed by atoms with Gasteiger partial charge in [-0.1, -0.05) is 158 Å². The number of H-pyrrole nitrogens is 1. The average Bonchev–Trinajstić information content (AvgIpc) is 3.87. The number of hydrogen-bond acceptors (Lipinski definition) is 1. The molecule has 2 heteroatoms. The molecule has 0 saturated carbocycles. The SMILES string of the molecule is c1ccc(-c2cccc3c2[nH]c2ccccc23)c(-c2ccc3cc4ccccc4cc3c2-c2ccccc2-c2coc3c2ccc2c4ccccc4ccc23)c1. The number of fused-ring (bicyclic) bond motifs is 10. The third-order valence-corrected chi connectivity index (χ3v) is 11.9. The summed E-state index contributed by atoms with van der Waals surface area (Å²) >= 11 is 0. The third kappa shape index (κ3) is 4.57. The molecule has 0 saturated heterocycles. The molecular formula is C54H33NO. The molecule has 12 rings (SSSR count). The molecule has 0 bridgehead atoms. The molecule has 56 heavy (non-hydrogen) atoms. The van der Waals surface area contributed by atoms with Gasteiger partial charge in [0.1, 0.15) is 5.58 Å². The first-order valence-electron chi connectivity index (χ1n) is 19.2. The van der Waals surface area contributed by atoms with Crippen LogP contribution in [0, 0.1) is 0 Å². The smallest absolute Gasteiger partial charge is 0.142 e. The maximum absolute atomic E-state index is 6.56. The van der Waals surface area contributed by atoms with Crippen molar-refractivity contribution in [3.8, 4) is 44.5 Å². The minimum absolute atomic E-state index is 0.916. The molecule has 0 spiro atoms. The van der Waals surface area contributed by atoms with Gasteiger partial charge >= 0.3 is 0 Å². The minimum Gasteiger partial charge on any atom is -0.463 e. The fourth-order valence-electron chi connectivity index (χ4n) is 9.30. The molecular weight excluding hydrogens is 679 g/mol. The van der Waals surface area contributed by atoms with E-state index in [1.807, 2.05) is 6.26 Å². The lowest BCUT2D eigenvalue weighted by atomic mass is 9.83. The van der Waals surface area contributed by atoms with E-state index in [1.54, 1.807) is 0 Å². The molecule has 0 fully saturated rings. The predicted octanol–water partition coefficient (Wildman–Crippen LogP) is 15.3. The van der Waals surface area contributed by atoms with Crippen LogP contribution in [0.15, 0.2) is 199 Å². The predicted molar refractivity (Wildman–Crippen MR) is 237 cm³/mol. The molecule has 0 aliphatic rings. The normalized spacial score (nSPS) is 11.9. The first-order chi connectivity index (χ1) is 27.8. The van der Waals surface area contributed by atoms with Gasteiger partial charge in [-0.3, -0.25) is 0 Å². The number of aromatic nitrogens is 1. The second-order valence-electron chi connectivity index (χ2n) is 14.9. The van der Waals surface area contributed by atoms with E-state index in [9.17, 15) is 0 Å². The summed E-state index contributed by atoms with van der Waals surface area (Å²) in [6.07, 6.45) is 1.96. The quantitative estimate of drug-likeness (QED) is 0.143. The zero-order chi connectivity index (χ0) is 36.7. The molecule has 12 aromatic rings. The van der Waals surface area contributed by atoms with Gasteiger partial charge in [0.25, 0.3) is 0 Å². The second kappa shape index (κ2) is 12.0. The van der Waals surface area contributed by atoms with E-state index in [0.717, 1.165) is 38.5 Å². The number of benzene rings is 10. The van der Waals surface area contributed by atoms with E-state index < -0.39 is 0 Å². The highest BCUT2D eigenvalue weighted by molar-refractivity contribution is 6.20. The van der Waals surface area contributed by atoms with E-state index in [2.05, 4.69) is 193 Å². The monoisotopic (exact) mass is 711 g/mol. The van der Waals surface area contributed by atoms with E-state index in [1.165, 1.54) is 81.9 Å². The van der Waals surface area contributed by atoms with Gasteiger partial charge in [0.2, 0.25) is 0 Å². The number of hydrogen-bond donors (Lipinski definition) is 1. The zero-order valence-corrected chi connectivity index (χ0v) is 30.4. The van der Waals surface area contributed by atoms with Crippen molar-refractivity contribution < 1.29 is 4.42 Å². The van der Waals surface area contributed by atoms with Gasteiger partial charge in [-0.25, -0.2) is 0 Å². The molecule has 1 N–H and O–H groups in total. The van der Waals surface area contributed by atoms with Crippen molar-refractivity contribution in [2.75, 3.05) is 0 Å². The molecule has 2 heterocycles. The van der Waals surface area contributed by atoms with Gasteiger partial charge in [0.05, 0.1) is 11.8 Å². The lowest BCUT2D eigenvalue weighted by molar-refractivity contribution is 0.620. The number of aromatic amines is 1. The molecule has 260 valence electrons. The maximum atomic E-state index is 6.56. The molecule has 0 atom stereocenters. The van der Waals surface area contributed by atoms with Crippen molar-refractivity contribution in [3.05, 3.63) is 194 Å². The largest absolute Gasteiger partial charge is 0.463 e. The molecule has 0 amide bonds. The van der Waals surface area contributed by atoms with Crippen molar-refractivity contribution in [1.29, 1.82) is 0 Å². The Labute approximate surface area is 322 Å². The summed E-state index contributed by atoms with van der Waals surface area (Å²) in [7, 11) is 0. The van der Waals surface area contributed by atoms with E-state index >= 15 is 0 Å². The maximum Gasteiger partial charge on any atom is 0.142 e. The highest BCUT2D eigenvalue weighted by Gasteiger charge is 2.22. The lowest BCUT2D eigenvalue weighted by Crippen LogP contribution is -1.93. The number of nitrogens with one attached hydrogen (secondary N) is 1. The molecule has 2 nitrogen and oxygen atoms in total. The van der Waals surface area contributed by atoms with Crippen LogP contribution in [0.2, 0.25) is 0 Å².